The van der Waals surface area contributed by atoms with Crippen LogP contribution in [-0.4, -0.2) is 78.4 Å². The first-order valence-electron chi connectivity index (χ1n) is 12.2. The number of anilines is 1. The molecule has 4 amide bonds. The summed E-state index contributed by atoms with van der Waals surface area (Å²) in [5.41, 5.74) is 0.639. The van der Waals surface area contributed by atoms with Gasteiger partial charge in [0.05, 0.1) is 6.54 Å². The average molecular weight is 530 g/mol. The summed E-state index contributed by atoms with van der Waals surface area (Å²) in [6.07, 6.45) is 1.55. The van der Waals surface area contributed by atoms with Gasteiger partial charge in [-0.05, 0) is 24.0 Å². The van der Waals surface area contributed by atoms with Gasteiger partial charge < -0.3 is 21.1 Å². The molecule has 2 aromatic heterocycles. The molecule has 4 atom stereocenters. The molecule has 2 aromatic rings. The summed E-state index contributed by atoms with van der Waals surface area (Å²) < 4.78 is 0. The number of carboxylic acids is 1. The molecule has 5 N–H and O–H groups in total. The van der Waals surface area contributed by atoms with Crippen LogP contribution in [0.3, 0.4) is 0 Å². The van der Waals surface area contributed by atoms with Gasteiger partial charge in [-0.1, -0.05) is 31.5 Å². The fourth-order valence-electron chi connectivity index (χ4n) is 4.14. The zero-order valence-corrected chi connectivity index (χ0v) is 21.3. The second kappa shape index (κ2) is 12.7. The van der Waals surface area contributed by atoms with Crippen molar-refractivity contribution in [3.05, 3.63) is 29.7 Å². The average Bonchev–Trinajstić information content (AvgIpc) is 3.55. The zero-order chi connectivity index (χ0) is 27.8. The summed E-state index contributed by atoms with van der Waals surface area (Å²) in [5, 5.41) is 30.4. The minimum Gasteiger partial charge on any atom is -0.481 e. The second-order valence-corrected chi connectivity index (χ2v) is 9.02. The van der Waals surface area contributed by atoms with Gasteiger partial charge in [0.2, 0.25) is 17.7 Å². The molecule has 0 radical (unpaired) electrons. The van der Waals surface area contributed by atoms with Crippen LogP contribution in [0, 0.1) is 5.92 Å². The fraction of sp³-hybridized carbons (Fsp3) is 0.522. The highest BCUT2D eigenvalue weighted by molar-refractivity contribution is 6.06. The van der Waals surface area contributed by atoms with Crippen LogP contribution in [0.5, 0.6) is 0 Å². The molecule has 0 saturated carbocycles. The van der Waals surface area contributed by atoms with Gasteiger partial charge in [0.15, 0.2) is 5.82 Å². The lowest BCUT2D eigenvalue weighted by molar-refractivity contribution is -0.138. The van der Waals surface area contributed by atoms with Crippen molar-refractivity contribution in [3.8, 4) is 0 Å². The Bertz CT molecular complexity index is 1170. The zero-order valence-electron chi connectivity index (χ0n) is 21.3. The van der Waals surface area contributed by atoms with Crippen LogP contribution in [0.1, 0.15) is 51.4 Å². The standard InChI is InChI=1S/C23H31N9O6/c1-4-12(2)19(26-13(3)33)22(37)27-15(7-8-18(34)35)23(38)32-16(10-14-6-5-9-24-20(14)32)21(36)25-11-17-28-30-31-29-17/h5-6,9,12,15-16,19H,4,7-8,10-11H2,1-3H3,(H,25,36)(H,26,33)(H,27,37)(H,34,35)(H,28,29,30,31)/t12-,15?,16?,19-/m0/s1. The van der Waals surface area contributed by atoms with Crippen LogP contribution in [-0.2, 0) is 36.9 Å². The molecule has 0 aliphatic carbocycles. The molecule has 15 heteroatoms. The van der Waals surface area contributed by atoms with Crippen molar-refractivity contribution < 1.29 is 29.1 Å². The van der Waals surface area contributed by atoms with Gasteiger partial charge in [0.1, 0.15) is 23.9 Å². The van der Waals surface area contributed by atoms with E-state index in [1.165, 1.54) is 18.0 Å². The van der Waals surface area contributed by atoms with Gasteiger partial charge in [0.25, 0.3) is 5.91 Å². The van der Waals surface area contributed by atoms with Crippen LogP contribution in [0.2, 0.25) is 0 Å². The number of amides is 4. The van der Waals surface area contributed by atoms with E-state index in [1.54, 1.807) is 19.1 Å². The molecule has 3 heterocycles. The highest BCUT2D eigenvalue weighted by Crippen LogP contribution is 2.31. The second-order valence-electron chi connectivity index (χ2n) is 9.02. The van der Waals surface area contributed by atoms with Crippen LogP contribution in [0.25, 0.3) is 0 Å². The van der Waals surface area contributed by atoms with E-state index in [0.717, 1.165) is 0 Å². The highest BCUT2D eigenvalue weighted by atomic mass is 16.4. The van der Waals surface area contributed by atoms with Crippen molar-refractivity contribution in [1.82, 2.24) is 41.6 Å². The van der Waals surface area contributed by atoms with Crippen molar-refractivity contribution in [2.75, 3.05) is 4.90 Å². The Morgan fingerprint density at radius 3 is 2.63 bits per heavy atom. The molecule has 204 valence electrons. The smallest absolute Gasteiger partial charge is 0.303 e. The van der Waals surface area contributed by atoms with Crippen molar-refractivity contribution in [3.63, 3.8) is 0 Å². The Morgan fingerprint density at radius 1 is 1.24 bits per heavy atom. The number of carbonyl (C=O) groups is 5. The number of tetrazole rings is 1. The summed E-state index contributed by atoms with van der Waals surface area (Å²) >= 11 is 0. The number of nitrogens with one attached hydrogen (secondary N) is 4. The summed E-state index contributed by atoms with van der Waals surface area (Å²) in [4.78, 5) is 68.7. The minimum absolute atomic E-state index is 0.0376. The lowest BCUT2D eigenvalue weighted by Crippen LogP contribution is -2.58. The van der Waals surface area contributed by atoms with Crippen molar-refractivity contribution >= 4 is 35.4 Å². The number of rotatable bonds is 12. The summed E-state index contributed by atoms with van der Waals surface area (Å²) in [6, 6.07) is 0.171. The Morgan fingerprint density at radius 2 is 2.00 bits per heavy atom. The van der Waals surface area contributed by atoms with Gasteiger partial charge in [-0.2, -0.15) is 5.21 Å². The van der Waals surface area contributed by atoms with E-state index in [4.69, 9.17) is 0 Å². The number of hydrogen-bond donors (Lipinski definition) is 5. The normalized spacial score (nSPS) is 16.6. The van der Waals surface area contributed by atoms with Gasteiger partial charge >= 0.3 is 5.97 Å². The number of carbonyl (C=O) groups excluding carboxylic acids is 4. The topological polar surface area (TPSA) is 212 Å². The maximum atomic E-state index is 13.9. The number of H-pyrrole nitrogens is 1. The monoisotopic (exact) mass is 529 g/mol. The van der Waals surface area contributed by atoms with Crippen molar-refractivity contribution in [2.24, 2.45) is 5.92 Å². The maximum Gasteiger partial charge on any atom is 0.303 e. The first kappa shape index (κ1) is 28.1. The third kappa shape index (κ3) is 6.86. The van der Waals surface area contributed by atoms with E-state index < -0.39 is 54.1 Å². The molecular weight excluding hydrogens is 498 g/mol. The van der Waals surface area contributed by atoms with E-state index in [0.29, 0.717) is 12.0 Å². The molecule has 3 rings (SSSR count). The van der Waals surface area contributed by atoms with E-state index in [9.17, 15) is 29.1 Å². The number of aromatic amines is 1. The predicted molar refractivity (Wildman–Crippen MR) is 131 cm³/mol. The number of carboxylic acid groups (broad SMARTS) is 1. The molecule has 15 nitrogen and oxygen atoms in total. The third-order valence-electron chi connectivity index (χ3n) is 6.29. The molecule has 0 bridgehead atoms. The first-order valence-corrected chi connectivity index (χ1v) is 12.2. The Kier molecular flexibility index (Phi) is 9.40. The van der Waals surface area contributed by atoms with E-state index in [2.05, 4.69) is 41.6 Å². The largest absolute Gasteiger partial charge is 0.481 e. The number of fused-ring (bicyclic) bond motifs is 1. The Hall–Kier alpha value is -4.43. The van der Waals surface area contributed by atoms with Crippen molar-refractivity contribution in [1.29, 1.82) is 0 Å². The lowest BCUT2D eigenvalue weighted by Gasteiger charge is -2.30. The number of nitrogens with zero attached hydrogens (tertiary/aromatic N) is 5. The summed E-state index contributed by atoms with van der Waals surface area (Å²) in [5.74, 6) is -3.19. The lowest BCUT2D eigenvalue weighted by atomic mass is 9.97. The highest BCUT2D eigenvalue weighted by Gasteiger charge is 2.42. The summed E-state index contributed by atoms with van der Waals surface area (Å²) in [7, 11) is 0. The molecule has 0 fully saturated rings. The third-order valence-corrected chi connectivity index (χ3v) is 6.29. The number of hydrogen-bond acceptors (Lipinski definition) is 9. The van der Waals surface area contributed by atoms with Crippen molar-refractivity contribution in [2.45, 2.75) is 71.1 Å². The molecular formula is C23H31N9O6. The number of aliphatic carboxylic acids is 1. The molecule has 38 heavy (non-hydrogen) atoms. The number of pyridine rings is 1. The molecule has 1 aliphatic rings. The Balaban J connectivity index is 1.88. The van der Waals surface area contributed by atoms with E-state index in [-0.39, 0.29) is 36.9 Å². The fourth-order valence-corrected chi connectivity index (χ4v) is 4.14. The first-order chi connectivity index (χ1) is 18.1. The predicted octanol–water partition coefficient (Wildman–Crippen LogP) is -0.931. The summed E-state index contributed by atoms with van der Waals surface area (Å²) in [6.45, 7) is 4.87. The molecule has 2 unspecified atom stereocenters. The van der Waals surface area contributed by atoms with Crippen LogP contribution in [0.4, 0.5) is 5.82 Å². The van der Waals surface area contributed by atoms with Gasteiger partial charge in [-0.3, -0.25) is 28.9 Å². The van der Waals surface area contributed by atoms with Gasteiger partial charge in [-0.15, -0.1) is 10.2 Å². The molecule has 1 aliphatic heterocycles. The quantitative estimate of drug-likeness (QED) is 0.228. The van der Waals surface area contributed by atoms with Crippen LogP contribution in [0.15, 0.2) is 18.3 Å². The van der Waals surface area contributed by atoms with E-state index >= 15 is 0 Å². The van der Waals surface area contributed by atoms with E-state index in [1.807, 2.05) is 6.92 Å². The Labute approximate surface area is 218 Å². The minimum atomic E-state index is -1.29. The van der Waals surface area contributed by atoms with Gasteiger partial charge in [0, 0.05) is 26.0 Å². The number of aromatic nitrogens is 5. The van der Waals surface area contributed by atoms with Gasteiger partial charge in [-0.25, -0.2) is 4.98 Å². The molecule has 0 spiro atoms. The SMILES string of the molecule is CC[C@H](C)[C@H](NC(C)=O)C(=O)NC(CCC(=O)O)C(=O)N1c2ncccc2CC1C(=O)NCc1nn[nH]n1. The molecule has 0 aromatic carbocycles. The van der Waals surface area contributed by atoms with Crippen LogP contribution >= 0.6 is 0 Å². The maximum absolute atomic E-state index is 13.9. The molecule has 0 saturated heterocycles. The van der Waals surface area contributed by atoms with Crippen LogP contribution < -0.4 is 20.9 Å².